The smallest absolute Gasteiger partial charge is 0.315 e. The van der Waals surface area contributed by atoms with Crippen molar-refractivity contribution in [1.29, 1.82) is 0 Å². The Labute approximate surface area is 134 Å². The fourth-order valence-electron chi connectivity index (χ4n) is 3.34. The number of carbonyl (C=O) groups excluding carboxylic acids is 1. The number of nitrogens with zero attached hydrogens (tertiary/aromatic N) is 3. The lowest BCUT2D eigenvalue weighted by atomic mass is 9.96. The minimum atomic E-state index is -0.141. The molecule has 2 aliphatic heterocycles. The van der Waals surface area contributed by atoms with Crippen LogP contribution in [0.4, 0.5) is 4.79 Å². The highest BCUT2D eigenvalue weighted by molar-refractivity contribution is 5.74. The average Bonchev–Trinajstić information content (AvgIpc) is 3.30. The Morgan fingerprint density at radius 1 is 1.39 bits per heavy atom. The van der Waals surface area contributed by atoms with Crippen LogP contribution in [-0.4, -0.2) is 39.0 Å². The van der Waals surface area contributed by atoms with E-state index in [0.29, 0.717) is 12.6 Å². The molecule has 7 nitrogen and oxygen atoms in total. The molecular formula is C16H19N5O2. The summed E-state index contributed by atoms with van der Waals surface area (Å²) in [4.78, 5) is 16.0. The number of ether oxygens (including phenoxy) is 1. The van der Waals surface area contributed by atoms with Crippen molar-refractivity contribution in [2.75, 3.05) is 0 Å². The van der Waals surface area contributed by atoms with Gasteiger partial charge in [0.1, 0.15) is 12.7 Å². The lowest BCUT2D eigenvalue weighted by Gasteiger charge is -2.20. The van der Waals surface area contributed by atoms with Crippen molar-refractivity contribution in [2.24, 2.45) is 0 Å². The first-order valence-electron chi connectivity index (χ1n) is 7.92. The van der Waals surface area contributed by atoms with Gasteiger partial charge in [-0.05, 0) is 37.0 Å². The molecule has 23 heavy (non-hydrogen) atoms. The second-order valence-electron chi connectivity index (χ2n) is 6.05. The van der Waals surface area contributed by atoms with Crippen LogP contribution in [0.3, 0.4) is 0 Å². The molecule has 2 aromatic rings. The predicted octanol–water partition coefficient (Wildman–Crippen LogP) is 1.39. The Balaban J connectivity index is 1.32. The van der Waals surface area contributed by atoms with Gasteiger partial charge in [-0.2, -0.15) is 5.10 Å². The van der Waals surface area contributed by atoms with Crippen LogP contribution in [0.15, 0.2) is 36.9 Å². The molecule has 2 saturated heterocycles. The molecular weight excluding hydrogens is 294 g/mol. The minimum Gasteiger partial charge on any atom is -0.373 e. The fourth-order valence-corrected chi connectivity index (χ4v) is 3.34. The van der Waals surface area contributed by atoms with E-state index in [4.69, 9.17) is 4.74 Å². The Bertz CT molecular complexity index is 688. The molecule has 1 aromatic carbocycles. The number of hydrogen-bond donors (Lipinski definition) is 2. The maximum atomic E-state index is 12.1. The number of rotatable bonds is 4. The molecule has 7 heteroatoms. The maximum absolute atomic E-state index is 12.1. The van der Waals surface area contributed by atoms with Crippen molar-refractivity contribution in [3.63, 3.8) is 0 Å². The van der Waals surface area contributed by atoms with E-state index in [9.17, 15) is 4.79 Å². The summed E-state index contributed by atoms with van der Waals surface area (Å²) in [5.74, 6) is 0. The average molecular weight is 313 g/mol. The molecule has 120 valence electrons. The zero-order valence-corrected chi connectivity index (χ0v) is 12.7. The Kier molecular flexibility index (Phi) is 3.70. The van der Waals surface area contributed by atoms with E-state index in [2.05, 4.69) is 20.7 Å². The summed E-state index contributed by atoms with van der Waals surface area (Å²) >= 11 is 0. The topological polar surface area (TPSA) is 81.1 Å². The number of carbonyl (C=O) groups is 1. The Hall–Kier alpha value is -2.41. The molecule has 0 saturated carbocycles. The van der Waals surface area contributed by atoms with Crippen LogP contribution in [0.2, 0.25) is 0 Å². The molecule has 3 atom stereocenters. The summed E-state index contributed by atoms with van der Waals surface area (Å²) in [6.45, 7) is 0.468. The first-order valence-corrected chi connectivity index (χ1v) is 7.92. The van der Waals surface area contributed by atoms with Crippen molar-refractivity contribution in [3.8, 4) is 5.69 Å². The van der Waals surface area contributed by atoms with Crippen molar-refractivity contribution >= 4 is 6.03 Å². The second kappa shape index (κ2) is 6.00. The highest BCUT2D eigenvalue weighted by Gasteiger charge is 2.41. The standard InChI is InChI=1S/C16H19N5O2/c22-16(20-14-7-13-4-5-15(14)23-13)18-8-11-2-1-3-12(6-11)21-10-17-9-19-21/h1-3,6,9-10,13-15H,4-5,7-8H2,(H2,18,20,22)/t13-,14-,15-/m1/s1. The summed E-state index contributed by atoms with van der Waals surface area (Å²) in [6, 6.07) is 7.85. The third-order valence-electron chi connectivity index (χ3n) is 4.47. The van der Waals surface area contributed by atoms with E-state index in [1.165, 1.54) is 6.33 Å². The van der Waals surface area contributed by atoms with Crippen molar-refractivity contribution in [2.45, 2.75) is 44.1 Å². The van der Waals surface area contributed by atoms with Crippen LogP contribution in [-0.2, 0) is 11.3 Å². The molecule has 1 aromatic heterocycles. The van der Waals surface area contributed by atoms with E-state index in [1.807, 2.05) is 24.3 Å². The zero-order chi connectivity index (χ0) is 15.6. The molecule has 0 unspecified atom stereocenters. The van der Waals surface area contributed by atoms with Gasteiger partial charge in [0.15, 0.2) is 0 Å². The summed E-state index contributed by atoms with van der Waals surface area (Å²) in [5.41, 5.74) is 1.93. The molecule has 4 rings (SSSR count). The third-order valence-corrected chi connectivity index (χ3v) is 4.47. The molecule has 0 aliphatic carbocycles. The summed E-state index contributed by atoms with van der Waals surface area (Å²) in [5, 5.41) is 10.0. The van der Waals surface area contributed by atoms with Crippen LogP contribution < -0.4 is 10.6 Å². The van der Waals surface area contributed by atoms with Gasteiger partial charge in [0, 0.05) is 6.54 Å². The zero-order valence-electron chi connectivity index (χ0n) is 12.7. The lowest BCUT2D eigenvalue weighted by molar-refractivity contribution is 0.0981. The molecule has 3 heterocycles. The van der Waals surface area contributed by atoms with E-state index in [0.717, 1.165) is 30.5 Å². The van der Waals surface area contributed by atoms with Gasteiger partial charge in [0.05, 0.1) is 23.9 Å². The quantitative estimate of drug-likeness (QED) is 0.894. The van der Waals surface area contributed by atoms with Gasteiger partial charge in [-0.1, -0.05) is 12.1 Å². The third kappa shape index (κ3) is 3.05. The van der Waals surface area contributed by atoms with Crippen LogP contribution in [0, 0.1) is 0 Å². The number of benzene rings is 1. The first-order chi connectivity index (χ1) is 11.3. The second-order valence-corrected chi connectivity index (χ2v) is 6.05. The molecule has 2 aliphatic rings. The number of urea groups is 1. The number of amides is 2. The molecule has 0 spiro atoms. The molecule has 2 bridgehead atoms. The Morgan fingerprint density at radius 2 is 2.35 bits per heavy atom. The van der Waals surface area contributed by atoms with Gasteiger partial charge in [-0.15, -0.1) is 0 Å². The Morgan fingerprint density at radius 3 is 3.09 bits per heavy atom. The van der Waals surface area contributed by atoms with Gasteiger partial charge in [0.25, 0.3) is 0 Å². The van der Waals surface area contributed by atoms with E-state index in [-0.39, 0.29) is 18.2 Å². The molecule has 2 fully saturated rings. The van der Waals surface area contributed by atoms with Gasteiger partial charge in [-0.3, -0.25) is 0 Å². The SMILES string of the molecule is O=C(NCc1cccc(-n2cncn2)c1)N[C@@H]1C[C@H]2CC[C@H]1O2. The highest BCUT2D eigenvalue weighted by atomic mass is 16.5. The normalized spacial score (nSPS) is 25.5. The summed E-state index contributed by atoms with van der Waals surface area (Å²) in [7, 11) is 0. The van der Waals surface area contributed by atoms with Gasteiger partial charge in [-0.25, -0.2) is 14.5 Å². The van der Waals surface area contributed by atoms with Crippen molar-refractivity contribution in [1.82, 2.24) is 25.4 Å². The van der Waals surface area contributed by atoms with E-state index < -0.39 is 0 Å². The number of nitrogens with one attached hydrogen (secondary N) is 2. The van der Waals surface area contributed by atoms with Crippen LogP contribution in [0.25, 0.3) is 5.69 Å². The van der Waals surface area contributed by atoms with E-state index in [1.54, 1.807) is 11.0 Å². The van der Waals surface area contributed by atoms with Gasteiger partial charge in [0.2, 0.25) is 0 Å². The van der Waals surface area contributed by atoms with Crippen LogP contribution in [0.1, 0.15) is 24.8 Å². The monoisotopic (exact) mass is 313 g/mol. The van der Waals surface area contributed by atoms with Gasteiger partial charge < -0.3 is 15.4 Å². The lowest BCUT2D eigenvalue weighted by Crippen LogP contribution is -2.46. The predicted molar refractivity (Wildman–Crippen MR) is 83.0 cm³/mol. The number of fused-ring (bicyclic) bond motifs is 2. The highest BCUT2D eigenvalue weighted by Crippen LogP contribution is 2.34. The largest absolute Gasteiger partial charge is 0.373 e. The molecule has 0 radical (unpaired) electrons. The summed E-state index contributed by atoms with van der Waals surface area (Å²) < 4.78 is 7.44. The number of aromatic nitrogens is 3. The summed E-state index contributed by atoms with van der Waals surface area (Å²) in [6.07, 6.45) is 6.78. The number of hydrogen-bond acceptors (Lipinski definition) is 4. The van der Waals surface area contributed by atoms with Crippen molar-refractivity contribution < 1.29 is 9.53 Å². The minimum absolute atomic E-state index is 0.141. The van der Waals surface area contributed by atoms with Crippen LogP contribution >= 0.6 is 0 Å². The molecule has 2 N–H and O–H groups in total. The fraction of sp³-hybridized carbons (Fsp3) is 0.438. The van der Waals surface area contributed by atoms with E-state index >= 15 is 0 Å². The van der Waals surface area contributed by atoms with Crippen LogP contribution in [0.5, 0.6) is 0 Å². The molecule has 2 amide bonds. The van der Waals surface area contributed by atoms with Crippen molar-refractivity contribution in [3.05, 3.63) is 42.5 Å². The maximum Gasteiger partial charge on any atom is 0.315 e. The first kappa shape index (κ1) is 14.2. The van der Waals surface area contributed by atoms with Gasteiger partial charge >= 0.3 is 6.03 Å².